The Morgan fingerprint density at radius 3 is 2.92 bits per heavy atom. The lowest BCUT2D eigenvalue weighted by Crippen LogP contribution is -2.48. The monoisotopic (exact) mass is 354 g/mol. The number of benzene rings is 2. The minimum absolute atomic E-state index is 0.0201. The van der Waals surface area contributed by atoms with Crippen LogP contribution in [0.25, 0.3) is 5.70 Å². The number of ether oxygens (including phenoxy) is 2. The number of methoxy groups -OCH3 is 1. The van der Waals surface area contributed by atoms with Crippen molar-refractivity contribution in [1.82, 2.24) is 10.4 Å². The Bertz CT molecular complexity index is 793. The second-order valence-electron chi connectivity index (χ2n) is 6.17. The summed E-state index contributed by atoms with van der Waals surface area (Å²) >= 11 is 1.84. The van der Waals surface area contributed by atoms with Gasteiger partial charge in [0.05, 0.1) is 18.8 Å². The van der Waals surface area contributed by atoms with Crippen molar-refractivity contribution in [2.75, 3.05) is 19.1 Å². The molecule has 2 aromatic rings. The molecule has 0 unspecified atom stereocenters. The van der Waals surface area contributed by atoms with Crippen LogP contribution in [0.2, 0.25) is 0 Å². The fraction of sp³-hybridized carbons (Fsp3) is 0.300. The standard InChI is InChI=1S/C20H22N2O2S/c1-23-15-7-5-6-14(12-15)17-13-18-16-8-3-4-9-19(16)24-20(10-11-25-2)22(18)21-17/h3-9,12-13,18,20-21H,10-11H2,1-2H3/t18-,20+/m1/s1. The van der Waals surface area contributed by atoms with Crippen LogP contribution in [-0.4, -0.2) is 30.4 Å². The van der Waals surface area contributed by atoms with E-state index in [-0.39, 0.29) is 12.3 Å². The van der Waals surface area contributed by atoms with E-state index in [2.05, 4.69) is 53.1 Å². The largest absolute Gasteiger partial charge is 0.497 e. The minimum Gasteiger partial charge on any atom is -0.497 e. The molecule has 2 atom stereocenters. The highest BCUT2D eigenvalue weighted by Crippen LogP contribution is 2.42. The van der Waals surface area contributed by atoms with Crippen LogP contribution in [0.4, 0.5) is 0 Å². The second kappa shape index (κ2) is 7.02. The number of fused-ring (bicyclic) bond motifs is 3. The zero-order valence-corrected chi connectivity index (χ0v) is 15.3. The number of hydrazine groups is 1. The van der Waals surface area contributed by atoms with E-state index in [0.29, 0.717) is 0 Å². The molecule has 0 bridgehead atoms. The lowest BCUT2D eigenvalue weighted by atomic mass is 10.0. The van der Waals surface area contributed by atoms with E-state index in [1.165, 1.54) is 5.56 Å². The third kappa shape index (κ3) is 3.10. The maximum absolute atomic E-state index is 6.27. The van der Waals surface area contributed by atoms with Gasteiger partial charge in [0.15, 0.2) is 6.23 Å². The Morgan fingerprint density at radius 2 is 2.08 bits per heavy atom. The first-order valence-electron chi connectivity index (χ1n) is 8.46. The van der Waals surface area contributed by atoms with Gasteiger partial charge >= 0.3 is 0 Å². The molecule has 0 radical (unpaired) electrons. The molecule has 1 N–H and O–H groups in total. The molecular formula is C20H22N2O2S. The summed E-state index contributed by atoms with van der Waals surface area (Å²) < 4.78 is 11.6. The number of nitrogens with zero attached hydrogens (tertiary/aromatic N) is 1. The highest BCUT2D eigenvalue weighted by atomic mass is 32.2. The highest BCUT2D eigenvalue weighted by molar-refractivity contribution is 7.98. The Morgan fingerprint density at radius 1 is 1.20 bits per heavy atom. The maximum atomic E-state index is 6.27. The normalized spacial score (nSPS) is 21.6. The molecule has 0 aromatic heterocycles. The van der Waals surface area contributed by atoms with Crippen LogP contribution >= 0.6 is 11.8 Å². The number of para-hydroxylation sites is 1. The van der Waals surface area contributed by atoms with Crippen LogP contribution in [0.1, 0.15) is 23.6 Å². The molecule has 2 aliphatic rings. The number of hydrogen-bond donors (Lipinski definition) is 1. The van der Waals surface area contributed by atoms with Crippen molar-refractivity contribution in [2.45, 2.75) is 18.7 Å². The summed E-state index contributed by atoms with van der Waals surface area (Å²) in [4.78, 5) is 0. The van der Waals surface area contributed by atoms with E-state index in [1.807, 2.05) is 30.0 Å². The number of rotatable bonds is 5. The van der Waals surface area contributed by atoms with Gasteiger partial charge in [0.25, 0.3) is 0 Å². The molecule has 4 nitrogen and oxygen atoms in total. The van der Waals surface area contributed by atoms with Crippen LogP contribution in [0.5, 0.6) is 11.5 Å². The van der Waals surface area contributed by atoms with Crippen LogP contribution in [-0.2, 0) is 0 Å². The molecule has 2 aromatic carbocycles. The molecule has 130 valence electrons. The van der Waals surface area contributed by atoms with Crippen molar-refractivity contribution < 1.29 is 9.47 Å². The fourth-order valence-electron chi connectivity index (χ4n) is 3.38. The molecule has 0 spiro atoms. The van der Waals surface area contributed by atoms with Crippen molar-refractivity contribution in [3.63, 3.8) is 0 Å². The predicted octanol–water partition coefficient (Wildman–Crippen LogP) is 4.07. The van der Waals surface area contributed by atoms with Crippen molar-refractivity contribution in [3.8, 4) is 11.5 Å². The zero-order chi connectivity index (χ0) is 17.2. The van der Waals surface area contributed by atoms with Crippen LogP contribution in [0.15, 0.2) is 54.6 Å². The smallest absolute Gasteiger partial charge is 0.170 e. The van der Waals surface area contributed by atoms with Crippen molar-refractivity contribution in [1.29, 1.82) is 0 Å². The van der Waals surface area contributed by atoms with Gasteiger partial charge in [-0.1, -0.05) is 30.3 Å². The summed E-state index contributed by atoms with van der Waals surface area (Å²) in [5.41, 5.74) is 6.98. The molecule has 25 heavy (non-hydrogen) atoms. The van der Waals surface area contributed by atoms with Crippen LogP contribution in [0, 0.1) is 0 Å². The Balaban J connectivity index is 1.68. The molecule has 2 aliphatic heterocycles. The first-order valence-corrected chi connectivity index (χ1v) is 9.85. The summed E-state index contributed by atoms with van der Waals surface area (Å²) in [5, 5.41) is 2.23. The first kappa shape index (κ1) is 16.4. The number of thioether (sulfide) groups is 1. The number of nitrogens with one attached hydrogen (secondary N) is 1. The van der Waals surface area contributed by atoms with Gasteiger partial charge in [-0.25, -0.2) is 0 Å². The SMILES string of the molecule is COc1cccc(C2=C[C@@H]3c4ccccc4O[C@@H](CCSC)N3N2)c1. The highest BCUT2D eigenvalue weighted by Gasteiger charge is 2.38. The number of hydrogen-bond acceptors (Lipinski definition) is 5. The second-order valence-corrected chi connectivity index (χ2v) is 7.15. The minimum atomic E-state index is 0.0201. The molecule has 0 saturated heterocycles. The molecule has 5 heteroatoms. The molecular weight excluding hydrogens is 332 g/mol. The van der Waals surface area contributed by atoms with E-state index in [4.69, 9.17) is 9.47 Å². The van der Waals surface area contributed by atoms with Crippen molar-refractivity contribution in [2.24, 2.45) is 0 Å². The van der Waals surface area contributed by atoms with Gasteiger partial charge in [0.1, 0.15) is 11.5 Å². The Labute approximate surface area is 152 Å². The van der Waals surface area contributed by atoms with Gasteiger partial charge in [0.2, 0.25) is 0 Å². The topological polar surface area (TPSA) is 33.7 Å². The molecule has 0 fully saturated rings. The van der Waals surface area contributed by atoms with E-state index in [0.717, 1.165) is 34.9 Å². The Kier molecular flexibility index (Phi) is 4.59. The van der Waals surface area contributed by atoms with Gasteiger partial charge in [0, 0.05) is 17.5 Å². The molecule has 0 saturated carbocycles. The third-order valence-electron chi connectivity index (χ3n) is 4.63. The molecule has 0 aliphatic carbocycles. The molecule has 4 rings (SSSR count). The quantitative estimate of drug-likeness (QED) is 0.875. The van der Waals surface area contributed by atoms with Gasteiger partial charge in [-0.05, 0) is 36.3 Å². The lowest BCUT2D eigenvalue weighted by Gasteiger charge is -2.38. The maximum Gasteiger partial charge on any atom is 0.170 e. The fourth-order valence-corrected chi connectivity index (χ4v) is 3.82. The van der Waals surface area contributed by atoms with E-state index < -0.39 is 0 Å². The van der Waals surface area contributed by atoms with E-state index in [9.17, 15) is 0 Å². The van der Waals surface area contributed by atoms with Gasteiger partial charge in [-0.3, -0.25) is 0 Å². The van der Waals surface area contributed by atoms with Gasteiger partial charge in [-0.2, -0.15) is 16.8 Å². The van der Waals surface area contributed by atoms with E-state index in [1.54, 1.807) is 7.11 Å². The van der Waals surface area contributed by atoms with Crippen LogP contribution in [0.3, 0.4) is 0 Å². The summed E-state index contributed by atoms with van der Waals surface area (Å²) in [7, 11) is 1.70. The molecule has 0 amide bonds. The summed E-state index contributed by atoms with van der Waals surface area (Å²) in [5.74, 6) is 2.91. The molecule has 2 heterocycles. The van der Waals surface area contributed by atoms with Crippen molar-refractivity contribution >= 4 is 17.5 Å². The Hall–Kier alpha value is -2.11. The lowest BCUT2D eigenvalue weighted by molar-refractivity contribution is -0.0313. The predicted molar refractivity (Wildman–Crippen MR) is 103 cm³/mol. The van der Waals surface area contributed by atoms with E-state index >= 15 is 0 Å². The summed E-state index contributed by atoms with van der Waals surface area (Å²) in [6.45, 7) is 0. The summed E-state index contributed by atoms with van der Waals surface area (Å²) in [6.07, 6.45) is 5.40. The first-order chi connectivity index (χ1) is 12.3. The van der Waals surface area contributed by atoms with Crippen LogP contribution < -0.4 is 14.9 Å². The summed E-state index contributed by atoms with van der Waals surface area (Å²) in [6, 6.07) is 16.6. The van der Waals surface area contributed by atoms with Gasteiger partial charge < -0.3 is 14.9 Å². The van der Waals surface area contributed by atoms with Crippen molar-refractivity contribution in [3.05, 3.63) is 65.7 Å². The average Bonchev–Trinajstić information content (AvgIpc) is 3.12. The zero-order valence-electron chi connectivity index (χ0n) is 14.4. The van der Waals surface area contributed by atoms with Gasteiger partial charge in [-0.15, -0.1) is 0 Å². The average molecular weight is 354 g/mol. The third-order valence-corrected chi connectivity index (χ3v) is 5.28.